The molecule has 1 aliphatic rings. The third-order valence-corrected chi connectivity index (χ3v) is 4.51. The Morgan fingerprint density at radius 2 is 1.77 bits per heavy atom. The van der Waals surface area contributed by atoms with Crippen molar-refractivity contribution in [2.45, 2.75) is 19.4 Å². The van der Waals surface area contributed by atoms with E-state index in [1.807, 2.05) is 60.7 Å². The van der Waals surface area contributed by atoms with E-state index in [0.29, 0.717) is 13.2 Å². The Labute approximate surface area is 155 Å². The highest BCUT2D eigenvalue weighted by Crippen LogP contribution is 2.19. The summed E-state index contributed by atoms with van der Waals surface area (Å²) in [6, 6.07) is 17.7. The van der Waals surface area contributed by atoms with Gasteiger partial charge in [-0.15, -0.1) is 0 Å². The molecular formula is C22H26N2O2. The van der Waals surface area contributed by atoms with Crippen LogP contribution in [0.1, 0.15) is 24.0 Å². The van der Waals surface area contributed by atoms with Gasteiger partial charge < -0.3 is 10.1 Å². The topological polar surface area (TPSA) is 41.6 Å². The molecular weight excluding hydrogens is 324 g/mol. The average molecular weight is 350 g/mol. The van der Waals surface area contributed by atoms with Gasteiger partial charge in [0.2, 0.25) is 5.91 Å². The van der Waals surface area contributed by atoms with Crippen LogP contribution in [0.5, 0.6) is 5.75 Å². The minimum atomic E-state index is -0.110. The molecule has 0 atom stereocenters. The summed E-state index contributed by atoms with van der Waals surface area (Å²) in [5, 5.41) is 2.90. The van der Waals surface area contributed by atoms with Gasteiger partial charge in [-0.25, -0.2) is 0 Å². The summed E-state index contributed by atoms with van der Waals surface area (Å²) >= 11 is 0. The number of amides is 1. The van der Waals surface area contributed by atoms with Gasteiger partial charge >= 0.3 is 0 Å². The summed E-state index contributed by atoms with van der Waals surface area (Å²) in [5.41, 5.74) is 2.00. The van der Waals surface area contributed by atoms with Crippen molar-refractivity contribution in [3.05, 3.63) is 71.8 Å². The van der Waals surface area contributed by atoms with E-state index in [9.17, 15) is 4.79 Å². The average Bonchev–Trinajstić information content (AvgIpc) is 3.20. The Bertz CT molecular complexity index is 722. The zero-order valence-electron chi connectivity index (χ0n) is 15.1. The molecule has 1 aliphatic heterocycles. The second-order valence-electron chi connectivity index (χ2n) is 6.47. The number of hydrogen-bond donors (Lipinski definition) is 1. The molecule has 2 aromatic carbocycles. The summed E-state index contributed by atoms with van der Waals surface area (Å²) in [6.07, 6.45) is 5.95. The number of nitrogens with one attached hydrogen (secondary N) is 1. The van der Waals surface area contributed by atoms with Crippen LogP contribution in [0.15, 0.2) is 60.7 Å². The number of para-hydroxylation sites is 1. The largest absolute Gasteiger partial charge is 0.492 e. The van der Waals surface area contributed by atoms with Crippen molar-refractivity contribution in [1.29, 1.82) is 0 Å². The van der Waals surface area contributed by atoms with Gasteiger partial charge in [0.1, 0.15) is 12.4 Å². The van der Waals surface area contributed by atoms with Crippen molar-refractivity contribution in [2.75, 3.05) is 26.2 Å². The number of benzene rings is 2. The van der Waals surface area contributed by atoms with Crippen molar-refractivity contribution in [3.63, 3.8) is 0 Å². The Hall–Kier alpha value is -2.59. The molecule has 2 aromatic rings. The third-order valence-electron chi connectivity index (χ3n) is 4.51. The van der Waals surface area contributed by atoms with Crippen LogP contribution in [0.3, 0.4) is 0 Å². The summed E-state index contributed by atoms with van der Waals surface area (Å²) in [5.74, 6) is 0.708. The highest BCUT2D eigenvalue weighted by molar-refractivity contribution is 5.92. The fraction of sp³-hybridized carbons (Fsp3) is 0.318. The van der Waals surface area contributed by atoms with E-state index < -0.39 is 0 Å². The van der Waals surface area contributed by atoms with Crippen LogP contribution in [0.2, 0.25) is 0 Å². The highest BCUT2D eigenvalue weighted by atomic mass is 16.5. The van der Waals surface area contributed by atoms with E-state index in [2.05, 4.69) is 10.2 Å². The van der Waals surface area contributed by atoms with E-state index in [1.54, 1.807) is 6.08 Å². The number of rotatable bonds is 8. The Morgan fingerprint density at radius 3 is 2.58 bits per heavy atom. The molecule has 4 nitrogen and oxygen atoms in total. The lowest BCUT2D eigenvalue weighted by Gasteiger charge is -2.15. The van der Waals surface area contributed by atoms with Gasteiger partial charge in [-0.3, -0.25) is 9.69 Å². The maximum absolute atomic E-state index is 12.0. The number of hydrogen-bond acceptors (Lipinski definition) is 3. The molecule has 3 rings (SSSR count). The number of nitrogens with zero attached hydrogens (tertiary/aromatic N) is 1. The van der Waals surface area contributed by atoms with Crippen molar-refractivity contribution in [2.24, 2.45) is 0 Å². The highest BCUT2D eigenvalue weighted by Gasteiger charge is 2.11. The zero-order chi connectivity index (χ0) is 18.0. The van der Waals surface area contributed by atoms with Gasteiger partial charge in [0.15, 0.2) is 0 Å². The quantitative estimate of drug-likeness (QED) is 0.741. The molecule has 0 aromatic heterocycles. The third kappa shape index (κ3) is 5.74. The molecule has 0 bridgehead atoms. The van der Waals surface area contributed by atoms with Crippen LogP contribution in [0.25, 0.3) is 6.08 Å². The van der Waals surface area contributed by atoms with Crippen molar-refractivity contribution in [1.82, 2.24) is 10.2 Å². The van der Waals surface area contributed by atoms with Crippen molar-refractivity contribution < 1.29 is 9.53 Å². The van der Waals surface area contributed by atoms with Gasteiger partial charge in [0, 0.05) is 24.7 Å². The lowest BCUT2D eigenvalue weighted by atomic mass is 10.2. The number of ether oxygens (including phenoxy) is 1. The standard InChI is InChI=1S/C22H26N2O2/c25-22(23-18-19-8-2-1-3-9-19)13-12-20-10-4-5-11-21(20)26-17-16-24-14-6-7-15-24/h1-5,8-13H,6-7,14-18H2,(H,23,25)/b13-12+. The van der Waals surface area contributed by atoms with Gasteiger partial charge in [-0.05, 0) is 43.6 Å². The van der Waals surface area contributed by atoms with Crippen LogP contribution >= 0.6 is 0 Å². The smallest absolute Gasteiger partial charge is 0.244 e. The minimum absolute atomic E-state index is 0.110. The van der Waals surface area contributed by atoms with Gasteiger partial charge in [-0.1, -0.05) is 48.5 Å². The molecule has 1 saturated heterocycles. The first-order valence-corrected chi connectivity index (χ1v) is 9.25. The lowest BCUT2D eigenvalue weighted by Crippen LogP contribution is -2.25. The molecule has 0 radical (unpaired) electrons. The molecule has 1 heterocycles. The molecule has 136 valence electrons. The minimum Gasteiger partial charge on any atom is -0.492 e. The number of carbonyl (C=O) groups excluding carboxylic acids is 1. The van der Waals surface area contributed by atoms with Crippen molar-refractivity contribution >= 4 is 12.0 Å². The molecule has 0 unspecified atom stereocenters. The predicted octanol–water partition coefficient (Wildman–Crippen LogP) is 3.49. The Morgan fingerprint density at radius 1 is 1.04 bits per heavy atom. The number of likely N-dealkylation sites (tertiary alicyclic amines) is 1. The fourth-order valence-electron chi connectivity index (χ4n) is 3.05. The molecule has 1 amide bonds. The number of carbonyl (C=O) groups is 1. The summed E-state index contributed by atoms with van der Waals surface area (Å²) in [6.45, 7) is 4.50. The first kappa shape index (κ1) is 18.2. The van der Waals surface area contributed by atoms with E-state index in [-0.39, 0.29) is 5.91 Å². The monoisotopic (exact) mass is 350 g/mol. The van der Waals surface area contributed by atoms with Crippen molar-refractivity contribution in [3.8, 4) is 5.75 Å². The molecule has 1 fully saturated rings. The summed E-state index contributed by atoms with van der Waals surface area (Å²) in [4.78, 5) is 14.5. The van der Waals surface area contributed by atoms with Crippen LogP contribution < -0.4 is 10.1 Å². The fourth-order valence-corrected chi connectivity index (χ4v) is 3.05. The first-order valence-electron chi connectivity index (χ1n) is 9.25. The maximum atomic E-state index is 12.0. The van der Waals surface area contributed by atoms with Crippen LogP contribution in [0, 0.1) is 0 Å². The van der Waals surface area contributed by atoms with Gasteiger partial charge in [-0.2, -0.15) is 0 Å². The molecule has 4 heteroatoms. The molecule has 0 spiro atoms. The van der Waals surface area contributed by atoms with Crippen LogP contribution in [-0.2, 0) is 11.3 Å². The van der Waals surface area contributed by atoms with E-state index in [0.717, 1.165) is 23.4 Å². The SMILES string of the molecule is O=C(/C=C/c1ccccc1OCCN1CCCC1)NCc1ccccc1. The summed E-state index contributed by atoms with van der Waals surface area (Å²) in [7, 11) is 0. The molecule has 0 aliphatic carbocycles. The normalized spacial score (nSPS) is 14.6. The zero-order valence-corrected chi connectivity index (χ0v) is 15.1. The summed E-state index contributed by atoms with van der Waals surface area (Å²) < 4.78 is 5.94. The van der Waals surface area contributed by atoms with E-state index >= 15 is 0 Å². The molecule has 1 N–H and O–H groups in total. The molecule has 0 saturated carbocycles. The van der Waals surface area contributed by atoms with Crippen LogP contribution in [-0.4, -0.2) is 37.0 Å². The maximum Gasteiger partial charge on any atom is 0.244 e. The Balaban J connectivity index is 1.49. The second kappa shape index (κ2) is 9.78. The molecule has 26 heavy (non-hydrogen) atoms. The van der Waals surface area contributed by atoms with E-state index in [1.165, 1.54) is 25.9 Å². The van der Waals surface area contributed by atoms with Crippen LogP contribution in [0.4, 0.5) is 0 Å². The van der Waals surface area contributed by atoms with Gasteiger partial charge in [0.25, 0.3) is 0 Å². The Kier molecular flexibility index (Phi) is 6.85. The lowest BCUT2D eigenvalue weighted by molar-refractivity contribution is -0.116. The predicted molar refractivity (Wildman–Crippen MR) is 105 cm³/mol. The van der Waals surface area contributed by atoms with E-state index in [4.69, 9.17) is 4.74 Å². The second-order valence-corrected chi connectivity index (χ2v) is 6.47. The first-order chi connectivity index (χ1) is 12.8. The van der Waals surface area contributed by atoms with Gasteiger partial charge in [0.05, 0.1) is 0 Å².